The van der Waals surface area contributed by atoms with E-state index in [1.165, 1.54) is 6.20 Å². The average Bonchev–Trinajstić information content (AvgIpc) is 2.15. The second-order valence-corrected chi connectivity index (χ2v) is 4.87. The molecule has 0 amide bonds. The summed E-state index contributed by atoms with van der Waals surface area (Å²) in [5.41, 5.74) is 1.39. The standard InChI is InChI=1S/C9H9N3O2S/c1-15(13,14)12-9-6-10-7-4-2-3-5-8(7)11-9/h2-6H,1H3,(H,11,12). The van der Waals surface area contributed by atoms with Crippen LogP contribution >= 0.6 is 0 Å². The van der Waals surface area contributed by atoms with Crippen LogP contribution in [0.2, 0.25) is 0 Å². The average molecular weight is 223 g/mol. The predicted molar refractivity (Wildman–Crippen MR) is 58.0 cm³/mol. The van der Waals surface area contributed by atoms with Crippen molar-refractivity contribution in [2.75, 3.05) is 11.0 Å². The number of nitrogens with one attached hydrogen (secondary N) is 1. The van der Waals surface area contributed by atoms with Crippen molar-refractivity contribution in [3.8, 4) is 0 Å². The predicted octanol–water partition coefficient (Wildman–Crippen LogP) is 1.00. The summed E-state index contributed by atoms with van der Waals surface area (Å²) in [5.74, 6) is 0.233. The van der Waals surface area contributed by atoms with Gasteiger partial charge in [0.15, 0.2) is 5.82 Å². The number of aromatic nitrogens is 2. The van der Waals surface area contributed by atoms with Crippen molar-refractivity contribution in [3.63, 3.8) is 0 Å². The van der Waals surface area contributed by atoms with Gasteiger partial charge in [-0.05, 0) is 12.1 Å². The molecule has 6 heteroatoms. The molecule has 0 aliphatic carbocycles. The van der Waals surface area contributed by atoms with Gasteiger partial charge in [-0.15, -0.1) is 0 Å². The number of fused-ring (bicyclic) bond motifs is 1. The molecule has 1 aromatic carbocycles. The minimum atomic E-state index is -3.30. The highest BCUT2D eigenvalue weighted by Crippen LogP contribution is 2.11. The molecule has 1 aromatic heterocycles. The molecule has 0 atom stereocenters. The zero-order valence-electron chi connectivity index (χ0n) is 8.01. The van der Waals surface area contributed by atoms with Crippen LogP contribution in [0.4, 0.5) is 5.82 Å². The Morgan fingerprint density at radius 1 is 1.20 bits per heavy atom. The number of nitrogens with zero attached hydrogens (tertiary/aromatic N) is 2. The summed E-state index contributed by atoms with van der Waals surface area (Å²) in [6.07, 6.45) is 2.47. The van der Waals surface area contributed by atoms with E-state index in [4.69, 9.17) is 0 Å². The molecule has 0 saturated heterocycles. The molecule has 2 rings (SSSR count). The molecule has 78 valence electrons. The summed E-state index contributed by atoms with van der Waals surface area (Å²) in [7, 11) is -3.30. The fourth-order valence-corrected chi connectivity index (χ4v) is 1.67. The molecule has 0 bridgehead atoms. The first-order chi connectivity index (χ1) is 7.04. The van der Waals surface area contributed by atoms with Crippen molar-refractivity contribution in [2.45, 2.75) is 0 Å². The van der Waals surface area contributed by atoms with Gasteiger partial charge in [0, 0.05) is 0 Å². The summed E-state index contributed by atoms with van der Waals surface area (Å²) >= 11 is 0. The van der Waals surface area contributed by atoms with Gasteiger partial charge in [0.1, 0.15) is 0 Å². The monoisotopic (exact) mass is 223 g/mol. The van der Waals surface area contributed by atoms with E-state index in [2.05, 4.69) is 14.7 Å². The number of anilines is 1. The third kappa shape index (κ3) is 2.41. The van der Waals surface area contributed by atoms with Crippen LogP contribution in [0.15, 0.2) is 30.5 Å². The SMILES string of the molecule is CS(=O)(=O)Nc1cnc2ccccc2n1. The summed E-state index contributed by atoms with van der Waals surface area (Å²) in [4.78, 5) is 8.18. The lowest BCUT2D eigenvalue weighted by Crippen LogP contribution is -2.11. The van der Waals surface area contributed by atoms with E-state index >= 15 is 0 Å². The number of rotatable bonds is 2. The summed E-state index contributed by atoms with van der Waals surface area (Å²) < 4.78 is 24.2. The number of para-hydroxylation sites is 2. The highest BCUT2D eigenvalue weighted by Gasteiger charge is 2.04. The van der Waals surface area contributed by atoms with Crippen LogP contribution in [-0.2, 0) is 10.0 Å². The molecule has 15 heavy (non-hydrogen) atoms. The van der Waals surface area contributed by atoms with E-state index in [0.29, 0.717) is 5.52 Å². The van der Waals surface area contributed by atoms with Crippen molar-refractivity contribution in [1.29, 1.82) is 0 Å². The second-order valence-electron chi connectivity index (χ2n) is 3.12. The summed E-state index contributed by atoms with van der Waals surface area (Å²) in [6.45, 7) is 0. The molecule has 1 heterocycles. The van der Waals surface area contributed by atoms with Gasteiger partial charge < -0.3 is 0 Å². The van der Waals surface area contributed by atoms with Crippen LogP contribution in [0.5, 0.6) is 0 Å². The molecule has 0 saturated carbocycles. The summed E-state index contributed by atoms with van der Waals surface area (Å²) in [6, 6.07) is 7.25. The third-order valence-corrected chi connectivity index (χ3v) is 2.32. The topological polar surface area (TPSA) is 72.0 Å². The van der Waals surface area contributed by atoms with Crippen molar-refractivity contribution < 1.29 is 8.42 Å². The first kappa shape index (κ1) is 9.85. The Morgan fingerprint density at radius 2 is 1.87 bits per heavy atom. The van der Waals surface area contributed by atoms with Gasteiger partial charge in [0.25, 0.3) is 0 Å². The number of hydrogen-bond acceptors (Lipinski definition) is 4. The molecule has 0 spiro atoms. The minimum Gasteiger partial charge on any atom is -0.266 e. The van der Waals surface area contributed by atoms with Crippen LogP contribution in [0.1, 0.15) is 0 Å². The molecular formula is C9H9N3O2S. The van der Waals surface area contributed by atoms with Gasteiger partial charge in [0.2, 0.25) is 10.0 Å². The normalized spacial score (nSPS) is 11.5. The van der Waals surface area contributed by atoms with Crippen LogP contribution in [0.25, 0.3) is 11.0 Å². The molecule has 5 nitrogen and oxygen atoms in total. The summed E-state index contributed by atoms with van der Waals surface area (Å²) in [5, 5.41) is 0. The van der Waals surface area contributed by atoms with Gasteiger partial charge in [0.05, 0.1) is 23.5 Å². The Kier molecular flexibility index (Phi) is 2.28. The maximum atomic E-state index is 11.0. The van der Waals surface area contributed by atoms with Crippen LogP contribution in [0.3, 0.4) is 0 Å². The largest absolute Gasteiger partial charge is 0.266 e. The van der Waals surface area contributed by atoms with Gasteiger partial charge in [-0.1, -0.05) is 12.1 Å². The fourth-order valence-electron chi connectivity index (χ4n) is 1.20. The van der Waals surface area contributed by atoms with Gasteiger partial charge in [-0.25, -0.2) is 13.4 Å². The number of sulfonamides is 1. The number of hydrogen-bond donors (Lipinski definition) is 1. The molecule has 0 radical (unpaired) electrons. The van der Waals surface area contributed by atoms with Crippen molar-refractivity contribution in [1.82, 2.24) is 9.97 Å². The first-order valence-corrected chi connectivity index (χ1v) is 6.13. The molecular weight excluding hydrogens is 214 g/mol. The lowest BCUT2D eigenvalue weighted by molar-refractivity contribution is 0.606. The lowest BCUT2D eigenvalue weighted by Gasteiger charge is -2.02. The van der Waals surface area contributed by atoms with Crippen molar-refractivity contribution >= 4 is 26.9 Å². The van der Waals surface area contributed by atoms with Crippen molar-refractivity contribution in [3.05, 3.63) is 30.5 Å². The molecule has 0 aliphatic rings. The Balaban J connectivity index is 2.48. The first-order valence-electron chi connectivity index (χ1n) is 4.24. The van der Waals surface area contributed by atoms with E-state index in [0.717, 1.165) is 11.8 Å². The molecule has 1 N–H and O–H groups in total. The molecule has 0 aliphatic heterocycles. The van der Waals surface area contributed by atoms with E-state index in [-0.39, 0.29) is 5.82 Å². The molecule has 2 aromatic rings. The van der Waals surface area contributed by atoms with Gasteiger partial charge >= 0.3 is 0 Å². The van der Waals surface area contributed by atoms with Crippen LogP contribution in [-0.4, -0.2) is 24.6 Å². The lowest BCUT2D eigenvalue weighted by atomic mass is 10.3. The maximum absolute atomic E-state index is 11.0. The zero-order chi connectivity index (χ0) is 10.9. The van der Waals surface area contributed by atoms with Crippen molar-refractivity contribution in [2.24, 2.45) is 0 Å². The van der Waals surface area contributed by atoms with E-state index in [1.54, 1.807) is 6.07 Å². The highest BCUT2D eigenvalue weighted by molar-refractivity contribution is 7.92. The minimum absolute atomic E-state index is 0.233. The quantitative estimate of drug-likeness (QED) is 0.824. The van der Waals surface area contributed by atoms with E-state index in [1.807, 2.05) is 18.2 Å². The third-order valence-electron chi connectivity index (χ3n) is 1.74. The zero-order valence-corrected chi connectivity index (χ0v) is 8.82. The number of benzene rings is 1. The van der Waals surface area contributed by atoms with E-state index in [9.17, 15) is 8.42 Å². The molecule has 0 unspecified atom stereocenters. The Labute approximate surface area is 87.2 Å². The highest BCUT2D eigenvalue weighted by atomic mass is 32.2. The smallest absolute Gasteiger partial charge is 0.231 e. The van der Waals surface area contributed by atoms with Crippen LogP contribution < -0.4 is 4.72 Å². The van der Waals surface area contributed by atoms with Gasteiger partial charge in [-0.3, -0.25) is 9.71 Å². The Hall–Kier alpha value is -1.69. The van der Waals surface area contributed by atoms with Crippen LogP contribution in [0, 0.1) is 0 Å². The maximum Gasteiger partial charge on any atom is 0.231 e. The van der Waals surface area contributed by atoms with Gasteiger partial charge in [-0.2, -0.15) is 0 Å². The molecule has 0 fully saturated rings. The second kappa shape index (κ2) is 3.47. The Bertz CT molecular complexity index is 595. The Morgan fingerprint density at radius 3 is 2.53 bits per heavy atom. The van der Waals surface area contributed by atoms with E-state index < -0.39 is 10.0 Å². The fraction of sp³-hybridized carbons (Fsp3) is 0.111.